The molecule has 0 saturated carbocycles. The molecule has 1 rings (SSSR count). The number of nitrogens with one attached hydrogen (secondary N) is 1. The van der Waals surface area contributed by atoms with Crippen molar-refractivity contribution in [3.05, 3.63) is 17.9 Å². The van der Waals surface area contributed by atoms with E-state index in [1.165, 1.54) is 13.1 Å². The Hall–Kier alpha value is -1.29. The van der Waals surface area contributed by atoms with Gasteiger partial charge in [-0.3, -0.25) is 0 Å². The summed E-state index contributed by atoms with van der Waals surface area (Å²) in [7, 11) is -2.19. The van der Waals surface area contributed by atoms with Gasteiger partial charge in [-0.2, -0.15) is 4.31 Å². The second kappa shape index (κ2) is 6.59. The molecule has 0 aliphatic rings. The van der Waals surface area contributed by atoms with Crippen molar-refractivity contribution in [2.75, 3.05) is 20.1 Å². The maximum atomic E-state index is 12.0. The molecule has 1 aromatic heterocycles. The zero-order valence-electron chi connectivity index (χ0n) is 10.6. The molecule has 0 atom stereocenters. The summed E-state index contributed by atoms with van der Waals surface area (Å²) in [6.45, 7) is 3.45. The number of hydrogen-bond donors (Lipinski definition) is 1. The molecule has 1 N–H and O–H groups in total. The van der Waals surface area contributed by atoms with Crippen molar-refractivity contribution < 1.29 is 12.8 Å². The minimum Gasteiger partial charge on any atom is -0.447 e. The smallest absolute Gasteiger partial charge is 0.277 e. The Bertz CT molecular complexity index is 514. The summed E-state index contributed by atoms with van der Waals surface area (Å²) in [6.07, 6.45) is 6.10. The zero-order chi connectivity index (χ0) is 13.6. The third-order valence-corrected chi connectivity index (χ3v) is 4.02. The highest BCUT2D eigenvalue weighted by Gasteiger charge is 2.23. The summed E-state index contributed by atoms with van der Waals surface area (Å²) >= 11 is 0. The number of furan rings is 1. The van der Waals surface area contributed by atoms with E-state index in [1.807, 2.05) is 0 Å². The van der Waals surface area contributed by atoms with Crippen LogP contribution in [0.25, 0.3) is 0 Å². The minimum absolute atomic E-state index is 0.0203. The molecule has 0 amide bonds. The van der Waals surface area contributed by atoms with Gasteiger partial charge in [0.2, 0.25) is 5.09 Å². The van der Waals surface area contributed by atoms with Crippen molar-refractivity contribution in [1.82, 2.24) is 9.62 Å². The van der Waals surface area contributed by atoms with Gasteiger partial charge >= 0.3 is 0 Å². The Kier molecular flexibility index (Phi) is 5.41. The molecule has 0 aliphatic heterocycles. The van der Waals surface area contributed by atoms with Crippen molar-refractivity contribution in [2.45, 2.75) is 25.0 Å². The molecule has 5 nitrogen and oxygen atoms in total. The SMILES string of the molecule is C#CCN(C)S(=O)(=O)c1ccc(CNCCC)o1. The molecule has 6 heteroatoms. The van der Waals surface area contributed by atoms with Crippen LogP contribution < -0.4 is 5.32 Å². The van der Waals surface area contributed by atoms with E-state index < -0.39 is 10.0 Å². The standard InChI is InChI=1S/C12H18N2O3S/c1-4-8-13-10-11-6-7-12(17-11)18(15,16)14(3)9-5-2/h2,6-7,13H,4,8-10H2,1,3H3. The summed E-state index contributed by atoms with van der Waals surface area (Å²) in [5.41, 5.74) is 0. The molecule has 100 valence electrons. The van der Waals surface area contributed by atoms with Gasteiger partial charge in [-0.05, 0) is 25.1 Å². The van der Waals surface area contributed by atoms with E-state index in [9.17, 15) is 8.42 Å². The van der Waals surface area contributed by atoms with Crippen molar-refractivity contribution in [2.24, 2.45) is 0 Å². The van der Waals surface area contributed by atoms with E-state index in [0.29, 0.717) is 12.3 Å². The lowest BCUT2D eigenvalue weighted by atomic mass is 10.4. The Morgan fingerprint density at radius 1 is 1.50 bits per heavy atom. The van der Waals surface area contributed by atoms with Crippen molar-refractivity contribution in [1.29, 1.82) is 0 Å². The lowest BCUT2D eigenvalue weighted by molar-refractivity contribution is 0.386. The summed E-state index contributed by atoms with van der Waals surface area (Å²) in [4.78, 5) is 0. The third-order valence-electron chi connectivity index (χ3n) is 2.34. The molecule has 1 heterocycles. The average molecular weight is 270 g/mol. The Balaban J connectivity index is 2.76. The van der Waals surface area contributed by atoms with E-state index in [2.05, 4.69) is 18.2 Å². The molecule has 0 saturated heterocycles. The van der Waals surface area contributed by atoms with E-state index in [1.54, 1.807) is 6.07 Å². The number of terminal acetylenes is 1. The molecular weight excluding hydrogens is 252 g/mol. The van der Waals surface area contributed by atoms with Gasteiger partial charge < -0.3 is 9.73 Å². The van der Waals surface area contributed by atoms with Crippen LogP contribution in [-0.4, -0.2) is 32.9 Å². The van der Waals surface area contributed by atoms with Crippen LogP contribution in [0.4, 0.5) is 0 Å². The summed E-state index contributed by atoms with van der Waals surface area (Å²) in [5, 5.41) is 3.06. The van der Waals surface area contributed by atoms with Crippen LogP contribution in [-0.2, 0) is 16.6 Å². The quantitative estimate of drug-likeness (QED) is 0.594. The van der Waals surface area contributed by atoms with Gasteiger partial charge in [0.15, 0.2) is 0 Å². The minimum atomic E-state index is -3.61. The second-order valence-electron chi connectivity index (χ2n) is 3.86. The number of sulfonamides is 1. The topological polar surface area (TPSA) is 62.6 Å². The summed E-state index contributed by atoms with van der Waals surface area (Å²) < 4.78 is 30.3. The van der Waals surface area contributed by atoms with Crippen molar-refractivity contribution in [3.63, 3.8) is 0 Å². The predicted molar refractivity (Wildman–Crippen MR) is 69.4 cm³/mol. The van der Waals surface area contributed by atoms with Crippen LogP contribution in [0.2, 0.25) is 0 Å². The number of hydrogen-bond acceptors (Lipinski definition) is 4. The van der Waals surface area contributed by atoms with Crippen LogP contribution in [0.1, 0.15) is 19.1 Å². The lowest BCUT2D eigenvalue weighted by Crippen LogP contribution is -2.26. The van der Waals surface area contributed by atoms with Gasteiger partial charge in [0.05, 0.1) is 13.1 Å². The van der Waals surface area contributed by atoms with E-state index in [0.717, 1.165) is 17.3 Å². The Morgan fingerprint density at radius 3 is 2.83 bits per heavy atom. The summed E-state index contributed by atoms with van der Waals surface area (Å²) in [6, 6.07) is 3.10. The fraction of sp³-hybridized carbons (Fsp3) is 0.500. The van der Waals surface area contributed by atoms with Crippen molar-refractivity contribution >= 4 is 10.0 Å². The zero-order valence-corrected chi connectivity index (χ0v) is 11.5. The highest BCUT2D eigenvalue weighted by atomic mass is 32.2. The maximum Gasteiger partial charge on any atom is 0.277 e. The normalized spacial score (nSPS) is 11.7. The molecule has 0 bridgehead atoms. The largest absolute Gasteiger partial charge is 0.447 e. The Labute approximate surface area is 108 Å². The number of nitrogens with zero attached hydrogens (tertiary/aromatic N) is 1. The van der Waals surface area contributed by atoms with Gasteiger partial charge in [0.1, 0.15) is 5.76 Å². The molecular formula is C12H18N2O3S. The molecule has 0 aromatic carbocycles. The lowest BCUT2D eigenvalue weighted by Gasteiger charge is -2.11. The predicted octanol–water partition coefficient (Wildman–Crippen LogP) is 1.03. The van der Waals surface area contributed by atoms with Crippen LogP contribution in [0.3, 0.4) is 0 Å². The molecule has 0 fully saturated rings. The van der Waals surface area contributed by atoms with Crippen LogP contribution >= 0.6 is 0 Å². The number of rotatable bonds is 7. The van der Waals surface area contributed by atoms with E-state index in [4.69, 9.17) is 10.8 Å². The van der Waals surface area contributed by atoms with E-state index >= 15 is 0 Å². The first-order chi connectivity index (χ1) is 8.52. The first-order valence-electron chi connectivity index (χ1n) is 5.71. The van der Waals surface area contributed by atoms with Gasteiger partial charge in [-0.25, -0.2) is 8.42 Å². The second-order valence-corrected chi connectivity index (χ2v) is 5.84. The van der Waals surface area contributed by atoms with Gasteiger partial charge in [-0.15, -0.1) is 6.42 Å². The van der Waals surface area contributed by atoms with Gasteiger partial charge in [-0.1, -0.05) is 12.8 Å². The fourth-order valence-corrected chi connectivity index (χ4v) is 2.35. The molecule has 18 heavy (non-hydrogen) atoms. The first kappa shape index (κ1) is 14.8. The van der Waals surface area contributed by atoms with Crippen molar-refractivity contribution in [3.8, 4) is 12.3 Å². The molecule has 1 aromatic rings. The van der Waals surface area contributed by atoms with Crippen LogP contribution in [0.5, 0.6) is 0 Å². The highest BCUT2D eigenvalue weighted by molar-refractivity contribution is 7.89. The fourth-order valence-electron chi connectivity index (χ4n) is 1.35. The van der Waals surface area contributed by atoms with Gasteiger partial charge in [0, 0.05) is 7.05 Å². The Morgan fingerprint density at radius 2 is 2.22 bits per heavy atom. The maximum absolute atomic E-state index is 12.0. The summed E-state index contributed by atoms with van der Waals surface area (Å²) in [5.74, 6) is 2.88. The molecule has 0 spiro atoms. The van der Waals surface area contributed by atoms with E-state index in [-0.39, 0.29) is 11.6 Å². The monoisotopic (exact) mass is 270 g/mol. The molecule has 0 radical (unpaired) electrons. The van der Waals surface area contributed by atoms with Crippen LogP contribution in [0.15, 0.2) is 21.6 Å². The van der Waals surface area contributed by atoms with Crippen LogP contribution in [0, 0.1) is 12.3 Å². The van der Waals surface area contributed by atoms with Gasteiger partial charge in [0.25, 0.3) is 10.0 Å². The molecule has 0 unspecified atom stereocenters. The average Bonchev–Trinajstić information content (AvgIpc) is 2.79. The first-order valence-corrected chi connectivity index (χ1v) is 7.15. The third kappa shape index (κ3) is 3.60. The molecule has 0 aliphatic carbocycles. The highest BCUT2D eigenvalue weighted by Crippen LogP contribution is 2.17.